The Kier molecular flexibility index (Phi) is 5.11. The van der Waals surface area contributed by atoms with Crippen LogP contribution in [0.4, 0.5) is 5.69 Å². The van der Waals surface area contributed by atoms with Crippen molar-refractivity contribution >= 4 is 23.3 Å². The van der Waals surface area contributed by atoms with Gasteiger partial charge in [0.25, 0.3) is 5.69 Å². The molecule has 3 aromatic rings. The third kappa shape index (κ3) is 4.27. The van der Waals surface area contributed by atoms with Crippen LogP contribution in [-0.4, -0.2) is 33.4 Å². The van der Waals surface area contributed by atoms with E-state index in [1.807, 2.05) is 0 Å². The lowest BCUT2D eigenvalue weighted by Gasteiger charge is -2.04. The van der Waals surface area contributed by atoms with Gasteiger partial charge in [-0.05, 0) is 30.3 Å². The Hall–Kier alpha value is -3.75. The van der Waals surface area contributed by atoms with E-state index < -0.39 is 16.9 Å². The summed E-state index contributed by atoms with van der Waals surface area (Å²) in [5, 5.41) is 10.9. The number of fused-ring (bicyclic) bond motifs is 1. The molecule has 138 valence electrons. The summed E-state index contributed by atoms with van der Waals surface area (Å²) in [5.74, 6) is -0.671. The van der Waals surface area contributed by atoms with Gasteiger partial charge in [0.15, 0.2) is 0 Å². The summed E-state index contributed by atoms with van der Waals surface area (Å²) >= 11 is 0. The standard InChI is InChI=1S/C18H15N3O6/c1-26-17(22)8-9-18(23)27-14-5-2-12(3-6-14)15-11-20-10-13(21(24)25)4-7-16(20)19-15/h2-7,10-11H,8-9H2,1H3. The second-order valence-electron chi connectivity index (χ2n) is 5.61. The molecule has 2 heterocycles. The fourth-order valence-electron chi connectivity index (χ4n) is 2.41. The Morgan fingerprint density at radius 2 is 1.78 bits per heavy atom. The molecule has 0 saturated carbocycles. The van der Waals surface area contributed by atoms with E-state index in [0.717, 1.165) is 5.56 Å². The molecule has 27 heavy (non-hydrogen) atoms. The monoisotopic (exact) mass is 369 g/mol. The maximum absolute atomic E-state index is 11.7. The van der Waals surface area contributed by atoms with Gasteiger partial charge in [-0.1, -0.05) is 0 Å². The van der Waals surface area contributed by atoms with E-state index in [9.17, 15) is 19.7 Å². The molecule has 0 radical (unpaired) electrons. The molecule has 0 N–H and O–H groups in total. The number of nitro groups is 1. The number of nitrogens with zero attached hydrogens (tertiary/aromatic N) is 3. The number of aromatic nitrogens is 2. The van der Waals surface area contributed by atoms with E-state index in [1.165, 1.54) is 19.4 Å². The van der Waals surface area contributed by atoms with Crippen LogP contribution in [0.5, 0.6) is 5.75 Å². The number of methoxy groups -OCH3 is 1. The van der Waals surface area contributed by atoms with Crippen LogP contribution in [-0.2, 0) is 14.3 Å². The maximum Gasteiger partial charge on any atom is 0.311 e. The fraction of sp³-hybridized carbons (Fsp3) is 0.167. The number of esters is 2. The zero-order chi connectivity index (χ0) is 19.4. The summed E-state index contributed by atoms with van der Waals surface area (Å²) in [6, 6.07) is 9.62. The van der Waals surface area contributed by atoms with Crippen LogP contribution in [0.3, 0.4) is 0 Å². The molecular weight excluding hydrogens is 354 g/mol. The van der Waals surface area contributed by atoms with E-state index in [2.05, 4.69) is 9.72 Å². The lowest BCUT2D eigenvalue weighted by Crippen LogP contribution is -2.11. The van der Waals surface area contributed by atoms with Crippen molar-refractivity contribution in [2.45, 2.75) is 12.8 Å². The molecule has 2 aromatic heterocycles. The molecule has 0 aliphatic carbocycles. The van der Waals surface area contributed by atoms with Crippen molar-refractivity contribution in [2.75, 3.05) is 7.11 Å². The highest BCUT2D eigenvalue weighted by molar-refractivity contribution is 5.79. The molecule has 0 saturated heterocycles. The smallest absolute Gasteiger partial charge is 0.311 e. The van der Waals surface area contributed by atoms with Gasteiger partial charge >= 0.3 is 11.9 Å². The first-order chi connectivity index (χ1) is 13.0. The molecule has 0 atom stereocenters. The zero-order valence-corrected chi connectivity index (χ0v) is 14.3. The van der Waals surface area contributed by atoms with Crippen LogP contribution in [0.15, 0.2) is 48.8 Å². The summed E-state index contributed by atoms with van der Waals surface area (Å²) in [6.45, 7) is 0. The average molecular weight is 369 g/mol. The highest BCUT2D eigenvalue weighted by atomic mass is 16.6. The molecule has 0 spiro atoms. The van der Waals surface area contributed by atoms with E-state index in [-0.39, 0.29) is 18.5 Å². The van der Waals surface area contributed by atoms with E-state index >= 15 is 0 Å². The number of carbonyl (C=O) groups is 2. The van der Waals surface area contributed by atoms with Crippen molar-refractivity contribution in [3.8, 4) is 17.0 Å². The average Bonchev–Trinajstić information content (AvgIpc) is 3.09. The van der Waals surface area contributed by atoms with Gasteiger partial charge in [-0.3, -0.25) is 24.1 Å². The lowest BCUT2D eigenvalue weighted by molar-refractivity contribution is -0.385. The first-order valence-electron chi connectivity index (χ1n) is 7.97. The molecule has 0 amide bonds. The van der Waals surface area contributed by atoms with Gasteiger partial charge in [-0.25, -0.2) is 4.98 Å². The second kappa shape index (κ2) is 7.65. The van der Waals surface area contributed by atoms with Crippen molar-refractivity contribution in [1.29, 1.82) is 0 Å². The first-order valence-corrected chi connectivity index (χ1v) is 7.97. The fourth-order valence-corrected chi connectivity index (χ4v) is 2.41. The summed E-state index contributed by atoms with van der Waals surface area (Å²) in [6.07, 6.45) is 2.96. The van der Waals surface area contributed by atoms with Crippen molar-refractivity contribution in [3.63, 3.8) is 0 Å². The van der Waals surface area contributed by atoms with Gasteiger partial charge in [0, 0.05) is 17.8 Å². The number of ether oxygens (including phenoxy) is 2. The Balaban J connectivity index is 1.71. The minimum atomic E-state index is -0.534. The Morgan fingerprint density at radius 1 is 1.07 bits per heavy atom. The van der Waals surface area contributed by atoms with Crippen LogP contribution in [0, 0.1) is 10.1 Å². The summed E-state index contributed by atoms with van der Waals surface area (Å²) in [4.78, 5) is 37.5. The highest BCUT2D eigenvalue weighted by Gasteiger charge is 2.11. The minimum Gasteiger partial charge on any atom is -0.469 e. The summed E-state index contributed by atoms with van der Waals surface area (Å²) in [7, 11) is 1.25. The molecule has 3 rings (SSSR count). The van der Waals surface area contributed by atoms with Crippen molar-refractivity contribution in [1.82, 2.24) is 9.38 Å². The second-order valence-corrected chi connectivity index (χ2v) is 5.61. The number of pyridine rings is 1. The normalized spacial score (nSPS) is 10.6. The van der Waals surface area contributed by atoms with Crippen molar-refractivity contribution < 1.29 is 24.0 Å². The number of carbonyl (C=O) groups excluding carboxylic acids is 2. The van der Waals surface area contributed by atoms with Gasteiger partial charge in [0.2, 0.25) is 0 Å². The third-order valence-corrected chi connectivity index (χ3v) is 3.79. The predicted octanol–water partition coefficient (Wildman–Crippen LogP) is 2.77. The number of imidazole rings is 1. The summed E-state index contributed by atoms with van der Waals surface area (Å²) in [5.41, 5.74) is 1.93. The van der Waals surface area contributed by atoms with Gasteiger partial charge in [-0.2, -0.15) is 0 Å². The quantitative estimate of drug-likeness (QED) is 0.284. The first kappa shape index (κ1) is 18.1. The number of hydrogen-bond donors (Lipinski definition) is 0. The van der Waals surface area contributed by atoms with Crippen molar-refractivity contribution in [2.24, 2.45) is 0 Å². The molecule has 0 aliphatic heterocycles. The summed E-state index contributed by atoms with van der Waals surface area (Å²) < 4.78 is 11.2. The van der Waals surface area contributed by atoms with Gasteiger partial charge in [-0.15, -0.1) is 0 Å². The maximum atomic E-state index is 11.7. The molecule has 1 aromatic carbocycles. The molecular formula is C18H15N3O6. The van der Waals surface area contributed by atoms with Gasteiger partial charge in [0.1, 0.15) is 11.4 Å². The zero-order valence-electron chi connectivity index (χ0n) is 14.3. The third-order valence-electron chi connectivity index (χ3n) is 3.79. The molecule has 0 unspecified atom stereocenters. The predicted molar refractivity (Wildman–Crippen MR) is 94.2 cm³/mol. The minimum absolute atomic E-state index is 0.0272. The van der Waals surface area contributed by atoms with Crippen LogP contribution >= 0.6 is 0 Å². The van der Waals surface area contributed by atoms with E-state index in [1.54, 1.807) is 40.9 Å². The van der Waals surface area contributed by atoms with E-state index in [4.69, 9.17) is 4.74 Å². The number of hydrogen-bond acceptors (Lipinski definition) is 7. The Morgan fingerprint density at radius 3 is 2.44 bits per heavy atom. The molecule has 0 fully saturated rings. The molecule has 0 bridgehead atoms. The van der Waals surface area contributed by atoms with Crippen LogP contribution in [0.25, 0.3) is 16.9 Å². The largest absolute Gasteiger partial charge is 0.469 e. The Bertz CT molecular complexity index is 1010. The van der Waals surface area contributed by atoms with Gasteiger partial charge in [0.05, 0.1) is 36.8 Å². The number of benzene rings is 1. The number of rotatable bonds is 6. The molecule has 9 nitrogen and oxygen atoms in total. The Labute approximate surface area is 153 Å². The SMILES string of the molecule is COC(=O)CCC(=O)Oc1ccc(-c2cn3cc([N+](=O)[O-])ccc3n2)cc1. The highest BCUT2D eigenvalue weighted by Crippen LogP contribution is 2.23. The molecule has 9 heteroatoms. The van der Waals surface area contributed by atoms with E-state index in [0.29, 0.717) is 17.1 Å². The van der Waals surface area contributed by atoms with Crippen molar-refractivity contribution in [3.05, 3.63) is 58.9 Å². The van der Waals surface area contributed by atoms with Crippen LogP contribution in [0.2, 0.25) is 0 Å². The topological polar surface area (TPSA) is 113 Å². The van der Waals surface area contributed by atoms with Crippen LogP contribution < -0.4 is 4.74 Å². The van der Waals surface area contributed by atoms with Gasteiger partial charge < -0.3 is 9.47 Å². The molecule has 0 aliphatic rings. The van der Waals surface area contributed by atoms with Crippen LogP contribution in [0.1, 0.15) is 12.8 Å². The lowest BCUT2D eigenvalue weighted by atomic mass is 10.1.